The Morgan fingerprint density at radius 2 is 1.68 bits per heavy atom. The van der Waals surface area contributed by atoms with Crippen molar-refractivity contribution in [3.8, 4) is 0 Å². The lowest BCUT2D eigenvalue weighted by Gasteiger charge is -2.06. The highest BCUT2D eigenvalue weighted by Crippen LogP contribution is 2.25. The molecule has 2 nitrogen and oxygen atoms in total. The summed E-state index contributed by atoms with van der Waals surface area (Å²) in [5, 5.41) is 0.445. The lowest BCUT2D eigenvalue weighted by Crippen LogP contribution is -2.06. The second kappa shape index (κ2) is 5.15. The van der Waals surface area contributed by atoms with Gasteiger partial charge in [0.2, 0.25) is 0 Å². The number of carbonyl (C=O) groups is 1. The fourth-order valence-corrected chi connectivity index (χ4v) is 1.83. The van der Waals surface area contributed by atoms with Gasteiger partial charge in [0.1, 0.15) is 11.6 Å². The third kappa shape index (κ3) is 2.69. The lowest BCUT2D eigenvalue weighted by molar-refractivity contribution is 0.103. The molecule has 0 aliphatic rings. The largest absolute Gasteiger partial charge is 0.396 e. The van der Waals surface area contributed by atoms with E-state index in [1.807, 2.05) is 0 Å². The van der Waals surface area contributed by atoms with Gasteiger partial charge in [0, 0.05) is 11.6 Å². The van der Waals surface area contributed by atoms with Gasteiger partial charge >= 0.3 is 0 Å². The molecule has 0 unspecified atom stereocenters. The molecule has 0 spiro atoms. The van der Waals surface area contributed by atoms with Crippen molar-refractivity contribution in [1.29, 1.82) is 0 Å². The standard InChI is InChI=1S/C13H7Cl2F2NO/c14-8-2-1-6(3-9(8)15)13(19)7-4-12(18)11(17)5-10(7)16/h1-5H,18H2. The summed E-state index contributed by atoms with van der Waals surface area (Å²) in [7, 11) is 0. The van der Waals surface area contributed by atoms with Crippen LogP contribution >= 0.6 is 23.2 Å². The van der Waals surface area contributed by atoms with Crippen molar-refractivity contribution < 1.29 is 13.6 Å². The normalized spacial score (nSPS) is 10.5. The maximum atomic E-state index is 13.6. The molecule has 19 heavy (non-hydrogen) atoms. The summed E-state index contributed by atoms with van der Waals surface area (Å²) in [6, 6.07) is 5.65. The molecule has 0 aliphatic heterocycles. The first-order chi connectivity index (χ1) is 8.90. The summed E-state index contributed by atoms with van der Waals surface area (Å²) in [5.74, 6) is -2.55. The van der Waals surface area contributed by atoms with Crippen molar-refractivity contribution in [2.75, 3.05) is 5.73 Å². The van der Waals surface area contributed by atoms with E-state index in [1.54, 1.807) is 0 Å². The van der Waals surface area contributed by atoms with E-state index in [9.17, 15) is 13.6 Å². The molecular weight excluding hydrogens is 295 g/mol. The molecule has 0 amide bonds. The minimum Gasteiger partial charge on any atom is -0.396 e. The van der Waals surface area contributed by atoms with E-state index in [2.05, 4.69) is 0 Å². The summed E-state index contributed by atoms with van der Waals surface area (Å²) in [4.78, 5) is 12.1. The van der Waals surface area contributed by atoms with Crippen LogP contribution in [0.4, 0.5) is 14.5 Å². The summed E-state index contributed by atoms with van der Waals surface area (Å²) >= 11 is 11.5. The Balaban J connectivity index is 2.49. The number of nitrogen functional groups attached to an aromatic ring is 1. The van der Waals surface area contributed by atoms with E-state index < -0.39 is 17.4 Å². The maximum absolute atomic E-state index is 13.6. The first-order valence-electron chi connectivity index (χ1n) is 5.14. The van der Waals surface area contributed by atoms with E-state index in [-0.39, 0.29) is 26.9 Å². The van der Waals surface area contributed by atoms with Crippen LogP contribution in [0.1, 0.15) is 15.9 Å². The molecule has 2 aromatic carbocycles. The Bertz CT molecular complexity index is 674. The van der Waals surface area contributed by atoms with Crippen LogP contribution < -0.4 is 5.73 Å². The van der Waals surface area contributed by atoms with Gasteiger partial charge in [-0.25, -0.2) is 8.78 Å². The zero-order valence-corrected chi connectivity index (χ0v) is 10.9. The molecule has 0 aliphatic carbocycles. The summed E-state index contributed by atoms with van der Waals surface area (Å²) in [5.41, 5.74) is 4.83. The van der Waals surface area contributed by atoms with Gasteiger partial charge in [-0.1, -0.05) is 23.2 Å². The Hall–Kier alpha value is -1.65. The van der Waals surface area contributed by atoms with Gasteiger partial charge in [-0.2, -0.15) is 0 Å². The number of carbonyl (C=O) groups excluding carboxylic acids is 1. The number of nitrogens with two attached hydrogens (primary N) is 1. The van der Waals surface area contributed by atoms with Gasteiger partial charge in [0.05, 0.1) is 21.3 Å². The number of hydrogen-bond donors (Lipinski definition) is 1. The molecule has 2 aromatic rings. The molecule has 0 radical (unpaired) electrons. The Morgan fingerprint density at radius 3 is 2.32 bits per heavy atom. The van der Waals surface area contributed by atoms with Gasteiger partial charge in [0.15, 0.2) is 5.78 Å². The minimum absolute atomic E-state index is 0.138. The van der Waals surface area contributed by atoms with Crippen molar-refractivity contribution in [3.63, 3.8) is 0 Å². The predicted molar refractivity (Wildman–Crippen MR) is 70.7 cm³/mol. The topological polar surface area (TPSA) is 43.1 Å². The van der Waals surface area contributed by atoms with Gasteiger partial charge < -0.3 is 5.73 Å². The molecule has 2 rings (SSSR count). The van der Waals surface area contributed by atoms with Crippen LogP contribution in [0.15, 0.2) is 30.3 Å². The molecule has 0 saturated carbocycles. The molecule has 2 N–H and O–H groups in total. The van der Waals surface area contributed by atoms with Crippen molar-refractivity contribution >= 4 is 34.7 Å². The number of benzene rings is 2. The molecule has 0 saturated heterocycles. The van der Waals surface area contributed by atoms with Gasteiger partial charge in [-0.05, 0) is 24.3 Å². The van der Waals surface area contributed by atoms with Crippen LogP contribution in [0.2, 0.25) is 10.0 Å². The number of hydrogen-bond acceptors (Lipinski definition) is 2. The van der Waals surface area contributed by atoms with Crippen LogP contribution in [0, 0.1) is 11.6 Å². The van der Waals surface area contributed by atoms with E-state index >= 15 is 0 Å². The lowest BCUT2D eigenvalue weighted by atomic mass is 10.0. The van der Waals surface area contributed by atoms with Gasteiger partial charge in [0.25, 0.3) is 0 Å². The second-order valence-corrected chi connectivity index (χ2v) is 4.63. The van der Waals surface area contributed by atoms with Crippen LogP contribution in [-0.4, -0.2) is 5.78 Å². The maximum Gasteiger partial charge on any atom is 0.196 e. The Morgan fingerprint density at radius 1 is 1.00 bits per heavy atom. The molecular formula is C13H7Cl2F2NO. The summed E-state index contributed by atoms with van der Waals surface area (Å²) < 4.78 is 26.6. The van der Waals surface area contributed by atoms with Crippen LogP contribution in [-0.2, 0) is 0 Å². The SMILES string of the molecule is Nc1cc(C(=O)c2ccc(Cl)c(Cl)c2)c(F)cc1F. The number of ketones is 1. The fraction of sp³-hybridized carbons (Fsp3) is 0. The van der Waals surface area contributed by atoms with Crippen LogP contribution in [0.5, 0.6) is 0 Å². The highest BCUT2D eigenvalue weighted by atomic mass is 35.5. The Kier molecular flexibility index (Phi) is 3.73. The molecule has 0 atom stereocenters. The highest BCUT2D eigenvalue weighted by molar-refractivity contribution is 6.42. The molecule has 0 aromatic heterocycles. The second-order valence-electron chi connectivity index (χ2n) is 3.81. The molecule has 0 fully saturated rings. The van der Waals surface area contributed by atoms with E-state index in [1.165, 1.54) is 18.2 Å². The van der Waals surface area contributed by atoms with Crippen LogP contribution in [0.3, 0.4) is 0 Å². The number of rotatable bonds is 2. The molecule has 0 bridgehead atoms. The zero-order chi connectivity index (χ0) is 14.2. The van der Waals surface area contributed by atoms with Gasteiger partial charge in [-0.15, -0.1) is 0 Å². The van der Waals surface area contributed by atoms with Gasteiger partial charge in [-0.3, -0.25) is 4.79 Å². The van der Waals surface area contributed by atoms with E-state index in [4.69, 9.17) is 28.9 Å². The summed E-state index contributed by atoms with van der Waals surface area (Å²) in [6.45, 7) is 0. The van der Waals surface area contributed by atoms with Crippen molar-refractivity contribution in [1.82, 2.24) is 0 Å². The smallest absolute Gasteiger partial charge is 0.196 e. The monoisotopic (exact) mass is 301 g/mol. The average Bonchev–Trinajstić information content (AvgIpc) is 2.36. The van der Waals surface area contributed by atoms with Crippen molar-refractivity contribution in [2.24, 2.45) is 0 Å². The van der Waals surface area contributed by atoms with Crippen molar-refractivity contribution in [3.05, 3.63) is 63.1 Å². The number of halogens is 4. The minimum atomic E-state index is -0.984. The zero-order valence-electron chi connectivity index (χ0n) is 9.38. The quantitative estimate of drug-likeness (QED) is 0.671. The fourth-order valence-electron chi connectivity index (χ4n) is 1.53. The third-order valence-corrected chi connectivity index (χ3v) is 3.25. The van der Waals surface area contributed by atoms with Crippen molar-refractivity contribution in [2.45, 2.75) is 0 Å². The highest BCUT2D eigenvalue weighted by Gasteiger charge is 2.17. The molecule has 0 heterocycles. The van der Waals surface area contributed by atoms with Crippen LogP contribution in [0.25, 0.3) is 0 Å². The average molecular weight is 302 g/mol. The number of anilines is 1. The first-order valence-corrected chi connectivity index (χ1v) is 5.90. The first kappa shape index (κ1) is 13.8. The van der Waals surface area contributed by atoms with E-state index in [0.29, 0.717) is 6.07 Å². The third-order valence-electron chi connectivity index (χ3n) is 2.51. The predicted octanol–water partition coefficient (Wildman–Crippen LogP) is 4.08. The molecule has 98 valence electrons. The summed E-state index contributed by atoms with van der Waals surface area (Å²) in [6.07, 6.45) is 0. The molecule has 6 heteroatoms. The Labute approximate surface area is 117 Å². The van der Waals surface area contributed by atoms with E-state index in [0.717, 1.165) is 6.07 Å².